The Kier molecular flexibility index (Phi) is 8.38. The van der Waals surface area contributed by atoms with Gasteiger partial charge in [0.15, 0.2) is 0 Å². The molecule has 0 aromatic heterocycles. The zero-order valence-electron chi connectivity index (χ0n) is 18.3. The monoisotopic (exact) mass is 421 g/mol. The number of Topliss-reactive ketones (excluding diaryl/α,β-unsaturated/α-hetero) is 1. The maximum Gasteiger partial charge on any atom is 0.410 e. The summed E-state index contributed by atoms with van der Waals surface area (Å²) in [5.41, 5.74) is 0.289. The van der Waals surface area contributed by atoms with E-state index in [1.54, 1.807) is 24.0 Å². The Labute approximate surface area is 177 Å². The Morgan fingerprint density at radius 3 is 2.27 bits per heavy atom. The highest BCUT2D eigenvalue weighted by Crippen LogP contribution is 2.26. The van der Waals surface area contributed by atoms with Crippen molar-refractivity contribution in [2.45, 2.75) is 59.0 Å². The fourth-order valence-electron chi connectivity index (χ4n) is 3.54. The predicted molar refractivity (Wildman–Crippen MR) is 110 cm³/mol. The Bertz CT molecular complexity index is 733. The highest BCUT2D eigenvalue weighted by Gasteiger charge is 2.36. The van der Waals surface area contributed by atoms with Gasteiger partial charge in [0.05, 0.1) is 6.61 Å². The number of hydrogen-bond donors (Lipinski definition) is 0. The number of ether oxygens (including phenoxy) is 2. The first-order chi connectivity index (χ1) is 14.1. The zero-order valence-corrected chi connectivity index (χ0v) is 18.3. The van der Waals surface area contributed by atoms with Gasteiger partial charge in [0.25, 0.3) is 0 Å². The molecule has 166 valence electrons. The number of piperidine rings is 1. The Morgan fingerprint density at radius 2 is 1.73 bits per heavy atom. The van der Waals surface area contributed by atoms with Crippen LogP contribution < -0.4 is 0 Å². The maximum atomic E-state index is 13.1. The van der Waals surface area contributed by atoms with Gasteiger partial charge < -0.3 is 14.4 Å². The molecule has 0 aliphatic carbocycles. The number of aryl methyl sites for hydroxylation is 1. The number of carbonyl (C=O) groups is 3. The second-order valence-electron chi connectivity index (χ2n) is 8.61. The highest BCUT2D eigenvalue weighted by molar-refractivity contribution is 6.00. The number of likely N-dealkylation sites (tertiary alicyclic amines) is 1. The number of esters is 1. The van der Waals surface area contributed by atoms with E-state index in [4.69, 9.17) is 9.47 Å². The minimum atomic E-state index is -0.854. The first kappa shape index (κ1) is 23.8. The van der Waals surface area contributed by atoms with E-state index in [1.165, 1.54) is 12.1 Å². The molecule has 1 aromatic rings. The molecule has 0 spiro atoms. The number of carbonyl (C=O) groups excluding carboxylic acids is 3. The molecule has 1 aliphatic rings. The van der Waals surface area contributed by atoms with Crippen molar-refractivity contribution >= 4 is 17.8 Å². The van der Waals surface area contributed by atoms with Crippen molar-refractivity contribution in [3.63, 3.8) is 0 Å². The van der Waals surface area contributed by atoms with Gasteiger partial charge in [0.1, 0.15) is 23.1 Å². The van der Waals surface area contributed by atoms with Crippen LogP contribution in [0.5, 0.6) is 0 Å². The van der Waals surface area contributed by atoms with Gasteiger partial charge in [0.2, 0.25) is 0 Å². The van der Waals surface area contributed by atoms with Crippen molar-refractivity contribution < 1.29 is 28.2 Å². The van der Waals surface area contributed by atoms with Gasteiger partial charge in [-0.15, -0.1) is 0 Å². The summed E-state index contributed by atoms with van der Waals surface area (Å²) < 4.78 is 23.6. The molecule has 0 saturated carbocycles. The van der Waals surface area contributed by atoms with Crippen molar-refractivity contribution in [2.24, 2.45) is 11.8 Å². The Balaban J connectivity index is 1.97. The molecule has 1 fully saturated rings. The van der Waals surface area contributed by atoms with E-state index in [1.807, 2.05) is 20.8 Å². The molecule has 2 rings (SSSR count). The second-order valence-corrected chi connectivity index (χ2v) is 8.61. The molecular formula is C23H32FNO5. The number of rotatable bonds is 7. The van der Waals surface area contributed by atoms with Crippen LogP contribution in [0.1, 0.15) is 52.5 Å². The third-order valence-electron chi connectivity index (χ3n) is 5.10. The number of amides is 1. The lowest BCUT2D eigenvalue weighted by atomic mass is 9.83. The van der Waals surface area contributed by atoms with E-state index in [2.05, 4.69) is 0 Å². The lowest BCUT2D eigenvalue weighted by Crippen LogP contribution is -2.44. The first-order valence-corrected chi connectivity index (χ1v) is 10.5. The number of halogens is 1. The third-order valence-corrected chi connectivity index (χ3v) is 5.10. The van der Waals surface area contributed by atoms with Crippen LogP contribution in [0.3, 0.4) is 0 Å². The normalized spacial score (nSPS) is 16.1. The molecule has 7 heteroatoms. The standard InChI is InChI=1S/C23H32FNO5/c1-5-29-21(27)19(11-8-16-6-9-18(24)10-7-16)20(26)17-12-14-25(15-13-17)22(28)30-23(2,3)4/h6-7,9-10,17,19H,5,8,11-15H2,1-4H3. The topological polar surface area (TPSA) is 72.9 Å². The average Bonchev–Trinajstić information content (AvgIpc) is 2.68. The SMILES string of the molecule is CCOC(=O)C(CCc1ccc(F)cc1)C(=O)C1CCN(C(=O)OC(C)(C)C)CC1. The van der Waals surface area contributed by atoms with Gasteiger partial charge in [-0.05, 0) is 71.1 Å². The van der Waals surface area contributed by atoms with Crippen molar-refractivity contribution in [3.8, 4) is 0 Å². The molecule has 1 aromatic carbocycles. The average molecular weight is 422 g/mol. The van der Waals surface area contributed by atoms with Crippen LogP contribution in [0.2, 0.25) is 0 Å². The Morgan fingerprint density at radius 1 is 1.13 bits per heavy atom. The van der Waals surface area contributed by atoms with Crippen molar-refractivity contribution in [2.75, 3.05) is 19.7 Å². The van der Waals surface area contributed by atoms with E-state index in [0.717, 1.165) is 5.56 Å². The first-order valence-electron chi connectivity index (χ1n) is 10.5. The van der Waals surface area contributed by atoms with E-state index >= 15 is 0 Å². The van der Waals surface area contributed by atoms with Gasteiger partial charge in [-0.3, -0.25) is 9.59 Å². The van der Waals surface area contributed by atoms with Crippen LogP contribution in [-0.4, -0.2) is 48.0 Å². The van der Waals surface area contributed by atoms with E-state index in [0.29, 0.717) is 38.8 Å². The summed E-state index contributed by atoms with van der Waals surface area (Å²) in [5.74, 6) is -2.13. The summed E-state index contributed by atoms with van der Waals surface area (Å²) in [6.07, 6.45) is 1.39. The van der Waals surface area contributed by atoms with Gasteiger partial charge in [-0.1, -0.05) is 12.1 Å². The molecule has 1 heterocycles. The molecular weight excluding hydrogens is 389 g/mol. The second kappa shape index (κ2) is 10.5. The van der Waals surface area contributed by atoms with E-state index in [-0.39, 0.29) is 30.2 Å². The molecule has 1 atom stereocenters. The summed E-state index contributed by atoms with van der Waals surface area (Å²) >= 11 is 0. The van der Waals surface area contributed by atoms with Crippen LogP contribution in [0.4, 0.5) is 9.18 Å². The summed E-state index contributed by atoms with van der Waals surface area (Å²) in [6.45, 7) is 8.18. The van der Waals surface area contributed by atoms with Crippen LogP contribution >= 0.6 is 0 Å². The largest absolute Gasteiger partial charge is 0.465 e. The van der Waals surface area contributed by atoms with Crippen molar-refractivity contribution in [3.05, 3.63) is 35.6 Å². The smallest absolute Gasteiger partial charge is 0.410 e. The molecule has 1 aliphatic heterocycles. The lowest BCUT2D eigenvalue weighted by molar-refractivity contribution is -0.153. The predicted octanol–water partition coefficient (Wildman–Crippen LogP) is 4.15. The van der Waals surface area contributed by atoms with Crippen molar-refractivity contribution in [1.82, 2.24) is 4.90 Å². The van der Waals surface area contributed by atoms with Gasteiger partial charge in [-0.2, -0.15) is 0 Å². The fraction of sp³-hybridized carbons (Fsp3) is 0.609. The number of nitrogens with zero attached hydrogens (tertiary/aromatic N) is 1. The number of ketones is 1. The molecule has 0 bridgehead atoms. The van der Waals surface area contributed by atoms with E-state index in [9.17, 15) is 18.8 Å². The summed E-state index contributed by atoms with van der Waals surface area (Å²) in [7, 11) is 0. The van der Waals surface area contributed by atoms with Gasteiger partial charge in [0, 0.05) is 19.0 Å². The summed E-state index contributed by atoms with van der Waals surface area (Å²) in [4.78, 5) is 39.4. The molecule has 1 unspecified atom stereocenters. The molecule has 1 amide bonds. The molecule has 6 nitrogen and oxygen atoms in total. The van der Waals surface area contributed by atoms with Crippen LogP contribution in [-0.2, 0) is 25.5 Å². The zero-order chi connectivity index (χ0) is 22.3. The van der Waals surface area contributed by atoms with Crippen LogP contribution in [0.15, 0.2) is 24.3 Å². The molecule has 0 N–H and O–H groups in total. The fourth-order valence-corrected chi connectivity index (χ4v) is 3.54. The number of benzene rings is 1. The van der Waals surface area contributed by atoms with Gasteiger partial charge in [-0.25, -0.2) is 9.18 Å². The Hall–Kier alpha value is -2.44. The minimum absolute atomic E-state index is 0.139. The third kappa shape index (κ3) is 7.11. The molecule has 1 saturated heterocycles. The molecule has 30 heavy (non-hydrogen) atoms. The summed E-state index contributed by atoms with van der Waals surface area (Å²) in [6, 6.07) is 6.04. The van der Waals surface area contributed by atoms with Crippen LogP contribution in [0.25, 0.3) is 0 Å². The number of hydrogen-bond acceptors (Lipinski definition) is 5. The lowest BCUT2D eigenvalue weighted by Gasteiger charge is -2.33. The van der Waals surface area contributed by atoms with Crippen LogP contribution in [0, 0.1) is 17.7 Å². The quantitative estimate of drug-likeness (QED) is 0.488. The van der Waals surface area contributed by atoms with Crippen molar-refractivity contribution in [1.29, 1.82) is 0 Å². The van der Waals surface area contributed by atoms with E-state index < -0.39 is 17.5 Å². The minimum Gasteiger partial charge on any atom is -0.465 e. The van der Waals surface area contributed by atoms with Gasteiger partial charge >= 0.3 is 12.1 Å². The molecule has 0 radical (unpaired) electrons. The maximum absolute atomic E-state index is 13.1. The highest BCUT2D eigenvalue weighted by atomic mass is 19.1. The summed E-state index contributed by atoms with van der Waals surface area (Å²) in [5, 5.41) is 0.